The molecule has 1 aromatic carbocycles. The summed E-state index contributed by atoms with van der Waals surface area (Å²) in [6, 6.07) is 5.48. The summed E-state index contributed by atoms with van der Waals surface area (Å²) in [6.45, 7) is 2.25. The largest absolute Gasteiger partial charge is 0.496 e. The molecular weight excluding hydrogens is 232 g/mol. The molecule has 18 heavy (non-hydrogen) atoms. The van der Waals surface area contributed by atoms with Gasteiger partial charge in [-0.15, -0.1) is 0 Å². The predicted molar refractivity (Wildman–Crippen MR) is 70.8 cm³/mol. The number of amides is 1. The van der Waals surface area contributed by atoms with Gasteiger partial charge in [0.25, 0.3) is 0 Å². The number of hydrogen-bond acceptors (Lipinski definition) is 4. The number of rotatable bonds is 6. The van der Waals surface area contributed by atoms with Crippen LogP contribution in [0.15, 0.2) is 18.2 Å². The molecule has 0 saturated heterocycles. The van der Waals surface area contributed by atoms with E-state index in [1.54, 1.807) is 20.3 Å². The second kappa shape index (κ2) is 6.98. The number of benzene rings is 1. The normalized spacial score (nSPS) is 12.0. The van der Waals surface area contributed by atoms with Gasteiger partial charge in [0.05, 0.1) is 19.6 Å². The summed E-state index contributed by atoms with van der Waals surface area (Å²) < 4.78 is 10.2. The van der Waals surface area contributed by atoms with Crippen molar-refractivity contribution in [2.24, 2.45) is 5.73 Å². The third-order valence-corrected chi connectivity index (χ3v) is 2.69. The topological polar surface area (TPSA) is 73.6 Å². The molecule has 5 nitrogen and oxygen atoms in total. The van der Waals surface area contributed by atoms with Gasteiger partial charge in [-0.3, -0.25) is 4.79 Å². The van der Waals surface area contributed by atoms with E-state index in [1.807, 2.05) is 19.1 Å². The van der Waals surface area contributed by atoms with Gasteiger partial charge in [-0.2, -0.15) is 0 Å². The Labute approximate surface area is 107 Å². The summed E-state index contributed by atoms with van der Waals surface area (Å²) >= 11 is 0. The van der Waals surface area contributed by atoms with Gasteiger partial charge in [-0.1, -0.05) is 0 Å². The molecule has 0 aromatic heterocycles. The minimum Gasteiger partial charge on any atom is -0.496 e. The van der Waals surface area contributed by atoms with Gasteiger partial charge in [-0.25, -0.2) is 0 Å². The van der Waals surface area contributed by atoms with Crippen LogP contribution >= 0.6 is 0 Å². The zero-order valence-electron chi connectivity index (χ0n) is 11.0. The maximum absolute atomic E-state index is 11.7. The summed E-state index contributed by atoms with van der Waals surface area (Å²) in [7, 11) is 3.16. The van der Waals surface area contributed by atoms with Crippen LogP contribution in [-0.2, 0) is 9.53 Å². The van der Waals surface area contributed by atoms with Gasteiger partial charge in [0.2, 0.25) is 5.91 Å². The van der Waals surface area contributed by atoms with Crippen LogP contribution in [0.2, 0.25) is 0 Å². The molecule has 0 aliphatic carbocycles. The standard InChI is InChI=1S/C13H20N2O3/c1-9-6-10(4-5-12(9)18-3)15-13(16)7-11(8-14)17-2/h4-6,11H,7-8,14H2,1-3H3,(H,15,16). The van der Waals surface area contributed by atoms with Crippen LogP contribution in [0, 0.1) is 6.92 Å². The fourth-order valence-corrected chi connectivity index (χ4v) is 1.64. The number of carbonyl (C=O) groups is 1. The van der Waals surface area contributed by atoms with E-state index in [2.05, 4.69) is 5.32 Å². The molecule has 0 aliphatic heterocycles. The Kier molecular flexibility index (Phi) is 5.61. The zero-order chi connectivity index (χ0) is 13.5. The molecule has 0 spiro atoms. The summed E-state index contributed by atoms with van der Waals surface area (Å²) in [6.07, 6.45) is 0.00212. The van der Waals surface area contributed by atoms with Crippen molar-refractivity contribution in [1.82, 2.24) is 0 Å². The van der Waals surface area contributed by atoms with Crippen molar-refractivity contribution < 1.29 is 14.3 Å². The fourth-order valence-electron chi connectivity index (χ4n) is 1.64. The maximum atomic E-state index is 11.7. The molecule has 1 aromatic rings. The van der Waals surface area contributed by atoms with Crippen molar-refractivity contribution >= 4 is 11.6 Å². The van der Waals surface area contributed by atoms with E-state index < -0.39 is 0 Å². The first kappa shape index (κ1) is 14.5. The molecule has 0 bridgehead atoms. The van der Waals surface area contributed by atoms with Gasteiger partial charge in [0, 0.05) is 19.3 Å². The first-order chi connectivity index (χ1) is 8.60. The van der Waals surface area contributed by atoms with Crippen molar-refractivity contribution in [3.05, 3.63) is 23.8 Å². The molecule has 0 aliphatic rings. The Morgan fingerprint density at radius 3 is 2.67 bits per heavy atom. The van der Waals surface area contributed by atoms with E-state index in [1.165, 1.54) is 0 Å². The molecule has 3 N–H and O–H groups in total. The number of carbonyl (C=O) groups excluding carboxylic acids is 1. The number of ether oxygens (including phenoxy) is 2. The van der Waals surface area contributed by atoms with Gasteiger partial charge in [0.1, 0.15) is 5.75 Å². The number of nitrogens with one attached hydrogen (secondary N) is 1. The minimum atomic E-state index is -0.246. The van der Waals surface area contributed by atoms with Crippen molar-refractivity contribution in [3.63, 3.8) is 0 Å². The highest BCUT2D eigenvalue weighted by molar-refractivity contribution is 5.91. The number of nitrogens with two attached hydrogens (primary N) is 1. The zero-order valence-corrected chi connectivity index (χ0v) is 11.0. The smallest absolute Gasteiger partial charge is 0.227 e. The average molecular weight is 252 g/mol. The first-order valence-electron chi connectivity index (χ1n) is 5.78. The lowest BCUT2D eigenvalue weighted by Crippen LogP contribution is -2.28. The monoisotopic (exact) mass is 252 g/mol. The lowest BCUT2D eigenvalue weighted by Gasteiger charge is -2.13. The molecular formula is C13H20N2O3. The SMILES string of the molecule is COc1ccc(NC(=O)CC(CN)OC)cc1C. The van der Waals surface area contributed by atoms with Gasteiger partial charge < -0.3 is 20.5 Å². The first-order valence-corrected chi connectivity index (χ1v) is 5.78. The van der Waals surface area contributed by atoms with Crippen LogP contribution in [0.1, 0.15) is 12.0 Å². The van der Waals surface area contributed by atoms with Crippen LogP contribution in [-0.4, -0.2) is 32.8 Å². The minimum absolute atomic E-state index is 0.114. The molecule has 0 fully saturated rings. The second-order valence-corrected chi connectivity index (χ2v) is 4.03. The van der Waals surface area contributed by atoms with E-state index in [0.29, 0.717) is 6.54 Å². The highest BCUT2D eigenvalue weighted by atomic mass is 16.5. The van der Waals surface area contributed by atoms with Crippen molar-refractivity contribution in [2.75, 3.05) is 26.1 Å². The molecule has 1 atom stereocenters. The van der Waals surface area contributed by atoms with Crippen LogP contribution in [0.25, 0.3) is 0 Å². The van der Waals surface area contributed by atoms with Crippen LogP contribution in [0.5, 0.6) is 5.75 Å². The van der Waals surface area contributed by atoms with Gasteiger partial charge >= 0.3 is 0 Å². The third-order valence-electron chi connectivity index (χ3n) is 2.69. The summed E-state index contributed by atoms with van der Waals surface area (Å²) in [5.41, 5.74) is 7.18. The Morgan fingerprint density at radius 2 is 2.17 bits per heavy atom. The predicted octanol–water partition coefficient (Wildman–Crippen LogP) is 1.31. The van der Waals surface area contributed by atoms with Crippen LogP contribution in [0.3, 0.4) is 0 Å². The number of hydrogen-bond donors (Lipinski definition) is 2. The molecule has 0 heterocycles. The van der Waals surface area contributed by atoms with E-state index in [9.17, 15) is 4.79 Å². The number of methoxy groups -OCH3 is 2. The van der Waals surface area contributed by atoms with Gasteiger partial charge in [0.15, 0.2) is 0 Å². The summed E-state index contributed by atoms with van der Waals surface area (Å²) in [5.74, 6) is 0.682. The fraction of sp³-hybridized carbons (Fsp3) is 0.462. The maximum Gasteiger partial charge on any atom is 0.227 e. The summed E-state index contributed by atoms with van der Waals surface area (Å²) in [5, 5.41) is 2.80. The van der Waals surface area contributed by atoms with E-state index in [-0.39, 0.29) is 18.4 Å². The molecule has 0 saturated carbocycles. The lowest BCUT2D eigenvalue weighted by molar-refractivity contribution is -0.118. The summed E-state index contributed by atoms with van der Waals surface area (Å²) in [4.78, 5) is 11.7. The average Bonchev–Trinajstić information content (AvgIpc) is 2.36. The lowest BCUT2D eigenvalue weighted by atomic mass is 10.2. The van der Waals surface area contributed by atoms with E-state index >= 15 is 0 Å². The highest BCUT2D eigenvalue weighted by Gasteiger charge is 2.11. The Hall–Kier alpha value is -1.59. The van der Waals surface area contributed by atoms with Crippen molar-refractivity contribution in [3.8, 4) is 5.75 Å². The number of aryl methyl sites for hydroxylation is 1. The molecule has 5 heteroatoms. The van der Waals surface area contributed by atoms with Crippen LogP contribution in [0.4, 0.5) is 5.69 Å². The highest BCUT2D eigenvalue weighted by Crippen LogP contribution is 2.21. The Balaban J connectivity index is 2.62. The quantitative estimate of drug-likeness (QED) is 0.800. The van der Waals surface area contributed by atoms with Crippen molar-refractivity contribution in [2.45, 2.75) is 19.4 Å². The Morgan fingerprint density at radius 1 is 1.44 bits per heavy atom. The molecule has 100 valence electrons. The molecule has 1 unspecified atom stereocenters. The van der Waals surface area contributed by atoms with Crippen LogP contribution < -0.4 is 15.8 Å². The van der Waals surface area contributed by atoms with E-state index in [0.717, 1.165) is 17.0 Å². The Bertz CT molecular complexity index is 403. The van der Waals surface area contributed by atoms with Gasteiger partial charge in [-0.05, 0) is 30.7 Å². The van der Waals surface area contributed by atoms with E-state index in [4.69, 9.17) is 15.2 Å². The second-order valence-electron chi connectivity index (χ2n) is 4.03. The molecule has 1 rings (SSSR count). The van der Waals surface area contributed by atoms with Crippen molar-refractivity contribution in [1.29, 1.82) is 0 Å². The number of anilines is 1. The molecule has 1 amide bonds. The molecule has 0 radical (unpaired) electrons. The third kappa shape index (κ3) is 4.01.